The standard InChI is InChI=1S/C29H36N4O3/c1-20(34)10-4-2-7-15-26(33-29(36)25-17-19-30-25)28(35)31-18-16-23-22-13-8-9-14-24(22)32-27(23)21-11-5-3-6-12-21/h3,5-6,8-9,11-14,25-26,30,32H,2,4,7,10,15-19H2,1H3,(H,31,35)(H,33,36)/t25-,26?/m1/s1. The molecular weight excluding hydrogens is 452 g/mol. The number of carbonyl (C=O) groups is 3. The zero-order valence-corrected chi connectivity index (χ0v) is 20.9. The van der Waals surface area contributed by atoms with Crippen molar-refractivity contribution in [2.24, 2.45) is 0 Å². The number of unbranched alkanes of at least 4 members (excludes halogenated alkanes) is 2. The van der Waals surface area contributed by atoms with E-state index in [1.54, 1.807) is 6.92 Å². The monoisotopic (exact) mass is 488 g/mol. The molecule has 1 aromatic heterocycles. The Bertz CT molecular complexity index is 1180. The largest absolute Gasteiger partial charge is 0.354 e. The highest BCUT2D eigenvalue weighted by Gasteiger charge is 2.28. The first-order chi connectivity index (χ1) is 17.5. The number of rotatable bonds is 13. The molecule has 0 radical (unpaired) electrons. The minimum atomic E-state index is -0.575. The number of ketones is 1. The lowest BCUT2D eigenvalue weighted by atomic mass is 10.0. The van der Waals surface area contributed by atoms with Gasteiger partial charge in [0.1, 0.15) is 11.8 Å². The molecule has 36 heavy (non-hydrogen) atoms. The number of carbonyl (C=O) groups excluding carboxylic acids is 3. The first-order valence-corrected chi connectivity index (χ1v) is 13.0. The molecule has 1 saturated heterocycles. The van der Waals surface area contributed by atoms with E-state index in [0.717, 1.165) is 54.4 Å². The van der Waals surface area contributed by atoms with Crippen molar-refractivity contribution in [1.82, 2.24) is 20.9 Å². The van der Waals surface area contributed by atoms with Crippen LogP contribution in [0.2, 0.25) is 0 Å². The van der Waals surface area contributed by atoms with E-state index in [2.05, 4.69) is 45.2 Å². The van der Waals surface area contributed by atoms with E-state index >= 15 is 0 Å². The molecule has 2 aromatic carbocycles. The average Bonchev–Trinajstić information content (AvgIpc) is 3.21. The van der Waals surface area contributed by atoms with Crippen LogP contribution in [0.25, 0.3) is 22.2 Å². The second-order valence-electron chi connectivity index (χ2n) is 9.59. The quantitative estimate of drug-likeness (QED) is 0.274. The van der Waals surface area contributed by atoms with Crippen LogP contribution in [0.3, 0.4) is 0 Å². The fourth-order valence-corrected chi connectivity index (χ4v) is 4.70. The number of para-hydroxylation sites is 1. The van der Waals surface area contributed by atoms with Crippen molar-refractivity contribution in [2.45, 2.75) is 64.0 Å². The molecule has 1 aliphatic heterocycles. The molecule has 3 aromatic rings. The Balaban J connectivity index is 1.39. The van der Waals surface area contributed by atoms with E-state index in [1.807, 2.05) is 30.3 Å². The summed E-state index contributed by atoms with van der Waals surface area (Å²) >= 11 is 0. The molecule has 7 heteroatoms. The van der Waals surface area contributed by atoms with Gasteiger partial charge in [-0.3, -0.25) is 9.59 Å². The van der Waals surface area contributed by atoms with E-state index in [9.17, 15) is 14.4 Å². The van der Waals surface area contributed by atoms with Crippen molar-refractivity contribution in [1.29, 1.82) is 0 Å². The topological polar surface area (TPSA) is 103 Å². The van der Waals surface area contributed by atoms with Gasteiger partial charge in [0.15, 0.2) is 0 Å². The van der Waals surface area contributed by atoms with Crippen molar-refractivity contribution in [3.63, 3.8) is 0 Å². The smallest absolute Gasteiger partial charge is 0.242 e. The normalized spacial score (nSPS) is 15.8. The zero-order valence-electron chi connectivity index (χ0n) is 20.9. The molecule has 2 atom stereocenters. The Kier molecular flexibility index (Phi) is 8.90. The Labute approximate surface area is 212 Å². The number of aromatic amines is 1. The van der Waals surface area contributed by atoms with Gasteiger partial charge in [-0.2, -0.15) is 0 Å². The molecule has 0 aliphatic carbocycles. The number of amides is 2. The van der Waals surface area contributed by atoms with Gasteiger partial charge in [0.25, 0.3) is 0 Å². The Morgan fingerprint density at radius 3 is 2.47 bits per heavy atom. The van der Waals surface area contributed by atoms with Gasteiger partial charge in [-0.1, -0.05) is 61.4 Å². The van der Waals surface area contributed by atoms with Crippen LogP contribution in [0.4, 0.5) is 0 Å². The Morgan fingerprint density at radius 2 is 1.75 bits per heavy atom. The number of H-pyrrole nitrogens is 1. The molecule has 1 unspecified atom stereocenters. The Morgan fingerprint density at radius 1 is 1.00 bits per heavy atom. The summed E-state index contributed by atoms with van der Waals surface area (Å²) in [7, 11) is 0. The summed E-state index contributed by atoms with van der Waals surface area (Å²) in [5.74, 6) is -0.0933. The maximum absolute atomic E-state index is 13.1. The summed E-state index contributed by atoms with van der Waals surface area (Å²) in [6, 6.07) is 17.6. The second kappa shape index (κ2) is 12.5. The van der Waals surface area contributed by atoms with Crippen LogP contribution in [0.5, 0.6) is 0 Å². The van der Waals surface area contributed by atoms with E-state index in [0.29, 0.717) is 25.8 Å². The van der Waals surface area contributed by atoms with Crippen molar-refractivity contribution >= 4 is 28.5 Å². The first-order valence-electron chi connectivity index (χ1n) is 13.0. The molecule has 4 rings (SSSR count). The van der Waals surface area contributed by atoms with Crippen LogP contribution in [0.15, 0.2) is 54.6 Å². The third-order valence-electron chi connectivity index (χ3n) is 6.85. The van der Waals surface area contributed by atoms with Crippen LogP contribution < -0.4 is 16.0 Å². The van der Waals surface area contributed by atoms with Crippen LogP contribution in [0.1, 0.15) is 51.0 Å². The molecule has 7 nitrogen and oxygen atoms in total. The highest BCUT2D eigenvalue weighted by molar-refractivity contribution is 5.92. The minimum Gasteiger partial charge on any atom is -0.354 e. The molecule has 190 valence electrons. The van der Waals surface area contributed by atoms with Crippen molar-refractivity contribution in [2.75, 3.05) is 13.1 Å². The molecule has 1 aliphatic rings. The van der Waals surface area contributed by atoms with Gasteiger partial charge in [0, 0.05) is 29.6 Å². The van der Waals surface area contributed by atoms with Crippen LogP contribution in [0, 0.1) is 0 Å². The predicted octanol–water partition coefficient (Wildman–Crippen LogP) is 3.88. The van der Waals surface area contributed by atoms with Crippen molar-refractivity contribution in [3.8, 4) is 11.3 Å². The predicted molar refractivity (Wildman–Crippen MR) is 143 cm³/mol. The van der Waals surface area contributed by atoms with Gasteiger partial charge in [0.2, 0.25) is 11.8 Å². The van der Waals surface area contributed by atoms with Crippen molar-refractivity contribution in [3.05, 3.63) is 60.2 Å². The highest BCUT2D eigenvalue weighted by Crippen LogP contribution is 2.30. The van der Waals surface area contributed by atoms with Gasteiger partial charge in [0.05, 0.1) is 6.04 Å². The summed E-state index contributed by atoms with van der Waals surface area (Å²) in [6.07, 6.45) is 5.03. The molecular formula is C29H36N4O3. The van der Waals surface area contributed by atoms with E-state index in [1.165, 1.54) is 5.56 Å². The number of benzene rings is 2. The minimum absolute atomic E-state index is 0.117. The van der Waals surface area contributed by atoms with E-state index in [-0.39, 0.29) is 23.6 Å². The van der Waals surface area contributed by atoms with Crippen molar-refractivity contribution < 1.29 is 14.4 Å². The summed E-state index contributed by atoms with van der Waals surface area (Å²) in [5, 5.41) is 10.2. The molecule has 4 N–H and O–H groups in total. The molecule has 0 bridgehead atoms. The maximum atomic E-state index is 13.1. The van der Waals surface area contributed by atoms with Gasteiger partial charge < -0.3 is 25.7 Å². The number of hydrogen-bond donors (Lipinski definition) is 4. The number of nitrogens with one attached hydrogen (secondary N) is 4. The second-order valence-corrected chi connectivity index (χ2v) is 9.59. The third kappa shape index (κ3) is 6.61. The third-order valence-corrected chi connectivity index (χ3v) is 6.85. The number of fused-ring (bicyclic) bond motifs is 1. The maximum Gasteiger partial charge on any atom is 0.242 e. The lowest BCUT2D eigenvalue weighted by Crippen LogP contribution is -2.57. The lowest BCUT2D eigenvalue weighted by Gasteiger charge is -2.28. The highest BCUT2D eigenvalue weighted by atomic mass is 16.2. The van der Waals surface area contributed by atoms with Gasteiger partial charge in [-0.05, 0) is 56.3 Å². The molecule has 0 spiro atoms. The first kappa shape index (κ1) is 25.6. The zero-order chi connectivity index (χ0) is 25.3. The number of Topliss-reactive ketones (excluding diaryl/α,β-unsaturated/α-hetero) is 1. The SMILES string of the molecule is CC(=O)CCCCCC(NC(=O)[C@H]1CCN1)C(=O)NCCc1c(-c2ccccc2)[nH]c2ccccc12. The summed E-state index contributed by atoms with van der Waals surface area (Å²) in [5.41, 5.74) is 4.41. The molecule has 1 fully saturated rings. The summed E-state index contributed by atoms with van der Waals surface area (Å²) < 4.78 is 0. The van der Waals surface area contributed by atoms with Gasteiger partial charge >= 0.3 is 0 Å². The fourth-order valence-electron chi connectivity index (χ4n) is 4.70. The van der Waals surface area contributed by atoms with Crippen LogP contribution >= 0.6 is 0 Å². The Hall–Kier alpha value is -3.45. The molecule has 2 heterocycles. The summed E-state index contributed by atoms with van der Waals surface area (Å²) in [6.45, 7) is 2.90. The number of aromatic nitrogens is 1. The number of hydrogen-bond acceptors (Lipinski definition) is 4. The van der Waals surface area contributed by atoms with Gasteiger partial charge in [-0.15, -0.1) is 0 Å². The van der Waals surface area contributed by atoms with Crippen LogP contribution in [-0.4, -0.2) is 47.8 Å². The average molecular weight is 489 g/mol. The lowest BCUT2D eigenvalue weighted by molar-refractivity contribution is -0.131. The van der Waals surface area contributed by atoms with E-state index < -0.39 is 6.04 Å². The fraction of sp³-hybridized carbons (Fsp3) is 0.414. The molecule has 0 saturated carbocycles. The molecule has 2 amide bonds. The van der Waals surface area contributed by atoms with E-state index in [4.69, 9.17) is 0 Å². The summed E-state index contributed by atoms with van der Waals surface area (Å²) in [4.78, 5) is 40.4. The van der Waals surface area contributed by atoms with Crippen LogP contribution in [-0.2, 0) is 20.8 Å². The van der Waals surface area contributed by atoms with Gasteiger partial charge in [-0.25, -0.2) is 0 Å².